The molecule has 3 heteroatoms. The zero-order valence-corrected chi connectivity index (χ0v) is 11.8. The number of aromatic nitrogens is 2. The maximum absolute atomic E-state index is 11.1. The quantitative estimate of drug-likeness (QED) is 0.821. The van der Waals surface area contributed by atoms with E-state index in [9.17, 15) is 4.79 Å². The van der Waals surface area contributed by atoms with Crippen molar-refractivity contribution in [3.05, 3.63) is 41.7 Å². The molecule has 0 fully saturated rings. The van der Waals surface area contributed by atoms with Crippen LogP contribution < -0.4 is 0 Å². The SMILES string of the molecule is CCCn1cc(-c2ccc(CC(C)=O)cc2)c(C)n1. The number of rotatable bonds is 5. The van der Waals surface area contributed by atoms with Gasteiger partial charge in [0, 0.05) is 24.7 Å². The van der Waals surface area contributed by atoms with Gasteiger partial charge in [0.25, 0.3) is 0 Å². The van der Waals surface area contributed by atoms with Gasteiger partial charge in [0.2, 0.25) is 0 Å². The van der Waals surface area contributed by atoms with E-state index in [1.807, 2.05) is 23.7 Å². The van der Waals surface area contributed by atoms with E-state index in [2.05, 4.69) is 30.4 Å². The maximum atomic E-state index is 11.1. The molecule has 0 N–H and O–H groups in total. The number of carbonyl (C=O) groups excluding carboxylic acids is 1. The third kappa shape index (κ3) is 3.31. The first-order valence-electron chi connectivity index (χ1n) is 6.73. The zero-order chi connectivity index (χ0) is 13.8. The summed E-state index contributed by atoms with van der Waals surface area (Å²) in [5.74, 6) is 0.194. The number of benzene rings is 1. The Morgan fingerprint density at radius 1 is 1.26 bits per heavy atom. The molecule has 0 saturated carbocycles. The van der Waals surface area contributed by atoms with Crippen molar-refractivity contribution in [2.45, 2.75) is 40.2 Å². The van der Waals surface area contributed by atoms with Gasteiger partial charge in [-0.25, -0.2) is 0 Å². The summed E-state index contributed by atoms with van der Waals surface area (Å²) in [6.07, 6.45) is 3.69. The molecule has 1 heterocycles. The van der Waals surface area contributed by atoms with Gasteiger partial charge in [0.1, 0.15) is 5.78 Å². The molecule has 1 aromatic heterocycles. The van der Waals surface area contributed by atoms with Crippen LogP contribution in [-0.2, 0) is 17.8 Å². The average molecular weight is 256 g/mol. The normalized spacial score (nSPS) is 10.7. The van der Waals surface area contributed by atoms with Gasteiger partial charge in [0.05, 0.1) is 5.69 Å². The van der Waals surface area contributed by atoms with Crippen LogP contribution in [0, 0.1) is 6.92 Å². The van der Waals surface area contributed by atoms with Crippen LogP contribution in [0.25, 0.3) is 11.1 Å². The topological polar surface area (TPSA) is 34.9 Å². The largest absolute Gasteiger partial charge is 0.300 e. The molecule has 0 aliphatic rings. The highest BCUT2D eigenvalue weighted by Crippen LogP contribution is 2.23. The number of nitrogens with zero attached hydrogens (tertiary/aromatic N) is 2. The lowest BCUT2D eigenvalue weighted by Gasteiger charge is -2.02. The van der Waals surface area contributed by atoms with Gasteiger partial charge < -0.3 is 0 Å². The van der Waals surface area contributed by atoms with Crippen molar-refractivity contribution < 1.29 is 4.79 Å². The molecule has 1 aromatic carbocycles. The molecule has 0 bridgehead atoms. The van der Waals surface area contributed by atoms with Crippen molar-refractivity contribution in [2.75, 3.05) is 0 Å². The number of aryl methyl sites for hydroxylation is 2. The van der Waals surface area contributed by atoms with Crippen molar-refractivity contribution in [3.8, 4) is 11.1 Å². The van der Waals surface area contributed by atoms with Gasteiger partial charge in [-0.05, 0) is 31.4 Å². The highest BCUT2D eigenvalue weighted by atomic mass is 16.1. The molecule has 3 nitrogen and oxygen atoms in total. The minimum Gasteiger partial charge on any atom is -0.300 e. The summed E-state index contributed by atoms with van der Waals surface area (Å²) < 4.78 is 1.99. The summed E-state index contributed by atoms with van der Waals surface area (Å²) in [7, 11) is 0. The molecule has 2 rings (SSSR count). The lowest BCUT2D eigenvalue weighted by Crippen LogP contribution is -1.96. The first-order valence-corrected chi connectivity index (χ1v) is 6.73. The van der Waals surface area contributed by atoms with Gasteiger partial charge in [-0.1, -0.05) is 31.2 Å². The van der Waals surface area contributed by atoms with Crippen LogP contribution in [0.2, 0.25) is 0 Å². The summed E-state index contributed by atoms with van der Waals surface area (Å²) in [5, 5.41) is 4.51. The number of ketones is 1. The van der Waals surface area contributed by atoms with Gasteiger partial charge in [0.15, 0.2) is 0 Å². The predicted molar refractivity (Wildman–Crippen MR) is 77.1 cm³/mol. The fourth-order valence-corrected chi connectivity index (χ4v) is 2.23. The lowest BCUT2D eigenvalue weighted by molar-refractivity contribution is -0.116. The Morgan fingerprint density at radius 2 is 1.95 bits per heavy atom. The highest BCUT2D eigenvalue weighted by molar-refractivity contribution is 5.78. The molecule has 2 aromatic rings. The summed E-state index contributed by atoms with van der Waals surface area (Å²) in [6.45, 7) is 6.74. The Balaban J connectivity index is 2.24. The summed E-state index contributed by atoms with van der Waals surface area (Å²) in [4.78, 5) is 11.1. The first-order chi connectivity index (χ1) is 9.10. The van der Waals surface area contributed by atoms with Crippen LogP contribution in [0.5, 0.6) is 0 Å². The van der Waals surface area contributed by atoms with Crippen LogP contribution in [0.1, 0.15) is 31.5 Å². The van der Waals surface area contributed by atoms with Crippen molar-refractivity contribution in [1.82, 2.24) is 9.78 Å². The standard InChI is InChI=1S/C16H20N2O/c1-4-9-18-11-16(13(3)17-18)15-7-5-14(6-8-15)10-12(2)19/h5-8,11H,4,9-10H2,1-3H3. The lowest BCUT2D eigenvalue weighted by atomic mass is 10.0. The highest BCUT2D eigenvalue weighted by Gasteiger charge is 2.07. The van der Waals surface area contributed by atoms with E-state index in [1.54, 1.807) is 6.92 Å². The van der Waals surface area contributed by atoms with Crippen LogP contribution in [0.15, 0.2) is 30.5 Å². The Bertz CT molecular complexity index is 567. The summed E-state index contributed by atoms with van der Waals surface area (Å²) >= 11 is 0. The molecule has 0 aliphatic carbocycles. The number of carbonyl (C=O) groups is 1. The second kappa shape index (κ2) is 5.83. The smallest absolute Gasteiger partial charge is 0.134 e. The Hall–Kier alpha value is -1.90. The van der Waals surface area contributed by atoms with Gasteiger partial charge in [-0.3, -0.25) is 9.48 Å². The van der Waals surface area contributed by atoms with Crippen molar-refractivity contribution in [2.24, 2.45) is 0 Å². The molecule has 0 aliphatic heterocycles. The van der Waals surface area contributed by atoms with E-state index in [4.69, 9.17) is 0 Å². The van der Waals surface area contributed by atoms with Crippen LogP contribution in [0.4, 0.5) is 0 Å². The molecule has 100 valence electrons. The van der Waals surface area contributed by atoms with Crippen molar-refractivity contribution >= 4 is 5.78 Å². The predicted octanol–water partition coefficient (Wildman–Crippen LogP) is 3.40. The van der Waals surface area contributed by atoms with Gasteiger partial charge in [-0.15, -0.1) is 0 Å². The molecular weight excluding hydrogens is 236 g/mol. The molecule has 0 amide bonds. The number of hydrogen-bond donors (Lipinski definition) is 0. The molecule has 0 unspecified atom stereocenters. The maximum Gasteiger partial charge on any atom is 0.134 e. The molecule has 19 heavy (non-hydrogen) atoms. The average Bonchev–Trinajstić information content (AvgIpc) is 2.71. The van der Waals surface area contributed by atoms with E-state index in [0.29, 0.717) is 6.42 Å². The van der Waals surface area contributed by atoms with Crippen molar-refractivity contribution in [1.29, 1.82) is 0 Å². The van der Waals surface area contributed by atoms with Crippen LogP contribution in [0.3, 0.4) is 0 Å². The van der Waals surface area contributed by atoms with E-state index in [1.165, 1.54) is 5.56 Å². The van der Waals surface area contributed by atoms with E-state index in [0.717, 1.165) is 29.8 Å². The van der Waals surface area contributed by atoms with E-state index in [-0.39, 0.29) is 5.78 Å². The van der Waals surface area contributed by atoms with Gasteiger partial charge >= 0.3 is 0 Å². The number of hydrogen-bond acceptors (Lipinski definition) is 2. The van der Waals surface area contributed by atoms with Crippen molar-refractivity contribution in [3.63, 3.8) is 0 Å². The van der Waals surface area contributed by atoms with Crippen LogP contribution in [-0.4, -0.2) is 15.6 Å². The minimum absolute atomic E-state index is 0.194. The molecule has 0 atom stereocenters. The molecular formula is C16H20N2O. The van der Waals surface area contributed by atoms with Gasteiger partial charge in [-0.2, -0.15) is 5.10 Å². The molecule has 0 spiro atoms. The Morgan fingerprint density at radius 3 is 2.53 bits per heavy atom. The fraction of sp³-hybridized carbons (Fsp3) is 0.375. The van der Waals surface area contributed by atoms with E-state index < -0.39 is 0 Å². The minimum atomic E-state index is 0.194. The zero-order valence-electron chi connectivity index (χ0n) is 11.8. The van der Waals surface area contributed by atoms with Crippen LogP contribution >= 0.6 is 0 Å². The first kappa shape index (κ1) is 13.5. The van der Waals surface area contributed by atoms with E-state index >= 15 is 0 Å². The molecule has 0 saturated heterocycles. The molecule has 0 radical (unpaired) electrons. The summed E-state index contributed by atoms with van der Waals surface area (Å²) in [5.41, 5.74) is 4.44. The Kier molecular flexibility index (Phi) is 4.15. The third-order valence-electron chi connectivity index (χ3n) is 3.12. The Labute approximate surface area is 114 Å². The third-order valence-corrected chi connectivity index (χ3v) is 3.12. The summed E-state index contributed by atoms with van der Waals surface area (Å²) in [6, 6.07) is 8.18. The monoisotopic (exact) mass is 256 g/mol. The number of Topliss-reactive ketones (excluding diaryl/α,β-unsaturated/α-hetero) is 1. The second-order valence-corrected chi connectivity index (χ2v) is 4.97. The fourth-order valence-electron chi connectivity index (χ4n) is 2.23. The second-order valence-electron chi connectivity index (χ2n) is 4.97.